The maximum absolute atomic E-state index is 4.55. The molecule has 2 aliphatic rings. The van der Waals surface area contributed by atoms with Crippen LogP contribution < -0.4 is 5.32 Å². The summed E-state index contributed by atoms with van der Waals surface area (Å²) in [4.78, 5) is 8.73. The normalized spacial score (nSPS) is 32.4. The van der Waals surface area contributed by atoms with Crippen molar-refractivity contribution in [2.75, 3.05) is 13.1 Å². The molecule has 1 aromatic heterocycles. The molecule has 0 spiro atoms. The summed E-state index contributed by atoms with van der Waals surface area (Å²) in [5, 5.41) is 3.56. The number of hydrogen-bond donors (Lipinski definition) is 1. The van der Waals surface area contributed by atoms with Crippen molar-refractivity contribution in [3.63, 3.8) is 0 Å². The average Bonchev–Trinajstić information content (AvgIpc) is 2.78. The van der Waals surface area contributed by atoms with E-state index >= 15 is 0 Å². The van der Waals surface area contributed by atoms with Crippen LogP contribution >= 0.6 is 0 Å². The van der Waals surface area contributed by atoms with E-state index < -0.39 is 0 Å². The molecule has 1 saturated heterocycles. The van der Waals surface area contributed by atoms with Gasteiger partial charge in [-0.1, -0.05) is 6.42 Å². The molecule has 2 fully saturated rings. The lowest BCUT2D eigenvalue weighted by Gasteiger charge is -2.33. The van der Waals surface area contributed by atoms with Crippen LogP contribution in [0.3, 0.4) is 0 Å². The van der Waals surface area contributed by atoms with Crippen LogP contribution in [0.2, 0.25) is 0 Å². The average molecular weight is 231 g/mol. The second-order valence-electron chi connectivity index (χ2n) is 5.57. The van der Waals surface area contributed by atoms with E-state index in [4.69, 9.17) is 0 Å². The van der Waals surface area contributed by atoms with E-state index in [0.29, 0.717) is 0 Å². The first kappa shape index (κ1) is 11.1. The summed E-state index contributed by atoms with van der Waals surface area (Å²) in [6.45, 7) is 4.44. The second kappa shape index (κ2) is 4.73. The smallest absolute Gasteiger partial charge is 0.125 e. The second-order valence-corrected chi connectivity index (χ2v) is 5.57. The number of nitrogens with zero attached hydrogens (tertiary/aromatic N) is 2. The highest BCUT2D eigenvalue weighted by atomic mass is 14.9. The third-order valence-electron chi connectivity index (χ3n) is 4.45. The van der Waals surface area contributed by atoms with E-state index in [0.717, 1.165) is 30.0 Å². The molecular formula is C14H21N3. The predicted molar refractivity (Wildman–Crippen MR) is 67.7 cm³/mol. The molecule has 0 unspecified atom stereocenters. The molecule has 1 saturated carbocycles. The van der Waals surface area contributed by atoms with Gasteiger partial charge in [-0.3, -0.25) is 0 Å². The first-order valence-electron chi connectivity index (χ1n) is 6.82. The van der Waals surface area contributed by atoms with Crippen LogP contribution in [0.4, 0.5) is 0 Å². The van der Waals surface area contributed by atoms with Crippen LogP contribution in [0.15, 0.2) is 12.3 Å². The molecule has 3 heteroatoms. The summed E-state index contributed by atoms with van der Waals surface area (Å²) >= 11 is 0. The Hall–Kier alpha value is -0.960. The Morgan fingerprint density at radius 1 is 1.35 bits per heavy atom. The fourth-order valence-electron chi connectivity index (χ4n) is 3.62. The van der Waals surface area contributed by atoms with Gasteiger partial charge < -0.3 is 5.32 Å². The van der Waals surface area contributed by atoms with Crippen LogP contribution in [0.1, 0.15) is 30.8 Å². The fraction of sp³-hybridized carbons (Fsp3) is 0.714. The molecule has 17 heavy (non-hydrogen) atoms. The molecule has 0 amide bonds. The summed E-state index contributed by atoms with van der Waals surface area (Å²) in [5.74, 6) is 3.55. The van der Waals surface area contributed by atoms with Crippen molar-refractivity contribution < 1.29 is 0 Å². The van der Waals surface area contributed by atoms with Crippen molar-refractivity contribution in [1.29, 1.82) is 0 Å². The van der Waals surface area contributed by atoms with Gasteiger partial charge in [0.2, 0.25) is 0 Å². The molecular weight excluding hydrogens is 210 g/mol. The third kappa shape index (κ3) is 2.34. The lowest BCUT2D eigenvalue weighted by Crippen LogP contribution is -2.29. The van der Waals surface area contributed by atoms with E-state index in [2.05, 4.69) is 21.4 Å². The quantitative estimate of drug-likeness (QED) is 0.845. The fourth-order valence-corrected chi connectivity index (χ4v) is 3.62. The van der Waals surface area contributed by atoms with Crippen LogP contribution in [-0.2, 0) is 6.42 Å². The summed E-state index contributed by atoms with van der Waals surface area (Å²) < 4.78 is 0. The molecule has 1 aliphatic heterocycles. The zero-order chi connectivity index (χ0) is 11.7. The summed E-state index contributed by atoms with van der Waals surface area (Å²) in [6, 6.07) is 2.08. The number of aromatic nitrogens is 2. The maximum atomic E-state index is 4.55. The SMILES string of the molecule is Cc1nccc(C[C@@H]2CCC[C@@H]3CNC[C@@H]32)n1. The van der Waals surface area contributed by atoms with Gasteiger partial charge in [0.05, 0.1) is 0 Å². The molecule has 92 valence electrons. The van der Waals surface area contributed by atoms with Gasteiger partial charge in [-0.2, -0.15) is 0 Å². The van der Waals surface area contributed by atoms with Crippen LogP contribution in [0, 0.1) is 24.7 Å². The van der Waals surface area contributed by atoms with Crippen LogP contribution in [0.5, 0.6) is 0 Å². The number of hydrogen-bond acceptors (Lipinski definition) is 3. The Kier molecular flexibility index (Phi) is 3.10. The minimum absolute atomic E-state index is 0.832. The summed E-state index contributed by atoms with van der Waals surface area (Å²) in [6.07, 6.45) is 7.25. The lowest BCUT2D eigenvalue weighted by molar-refractivity contribution is 0.197. The summed E-state index contributed by atoms with van der Waals surface area (Å²) in [7, 11) is 0. The van der Waals surface area contributed by atoms with E-state index in [1.807, 2.05) is 13.1 Å². The van der Waals surface area contributed by atoms with Gasteiger partial charge in [0.25, 0.3) is 0 Å². The highest BCUT2D eigenvalue weighted by molar-refractivity contribution is 5.04. The highest BCUT2D eigenvalue weighted by Crippen LogP contribution is 2.38. The Labute approximate surface area is 103 Å². The van der Waals surface area contributed by atoms with Crippen molar-refractivity contribution in [3.05, 3.63) is 23.8 Å². The molecule has 1 aliphatic carbocycles. The highest BCUT2D eigenvalue weighted by Gasteiger charge is 2.36. The number of aryl methyl sites for hydroxylation is 1. The first-order chi connectivity index (χ1) is 8.33. The summed E-state index contributed by atoms with van der Waals surface area (Å²) in [5.41, 5.74) is 1.23. The Bertz CT molecular complexity index is 391. The molecule has 1 aromatic rings. The van der Waals surface area contributed by atoms with Gasteiger partial charge in [-0.15, -0.1) is 0 Å². The van der Waals surface area contributed by atoms with E-state index in [1.165, 1.54) is 38.0 Å². The largest absolute Gasteiger partial charge is 0.316 e. The topological polar surface area (TPSA) is 37.8 Å². The number of rotatable bonds is 2. The first-order valence-corrected chi connectivity index (χ1v) is 6.82. The van der Waals surface area contributed by atoms with E-state index in [-0.39, 0.29) is 0 Å². The van der Waals surface area contributed by atoms with Crippen molar-refractivity contribution in [2.24, 2.45) is 17.8 Å². The van der Waals surface area contributed by atoms with Gasteiger partial charge in [0.1, 0.15) is 5.82 Å². The van der Waals surface area contributed by atoms with Crippen molar-refractivity contribution in [1.82, 2.24) is 15.3 Å². The Balaban J connectivity index is 1.71. The Morgan fingerprint density at radius 2 is 2.29 bits per heavy atom. The molecule has 0 bridgehead atoms. The standard InChI is InChI=1S/C14H21N3/c1-10-16-6-5-13(17-10)7-11-3-2-4-12-8-15-9-14(11)12/h5-6,11-12,14-15H,2-4,7-9H2,1H3/t11-,12+,14+/m0/s1. The minimum atomic E-state index is 0.832. The molecule has 3 atom stereocenters. The number of fused-ring (bicyclic) bond motifs is 1. The predicted octanol–water partition coefficient (Wildman–Crippen LogP) is 1.96. The van der Waals surface area contributed by atoms with Gasteiger partial charge in [0.15, 0.2) is 0 Å². The van der Waals surface area contributed by atoms with Crippen molar-refractivity contribution in [3.8, 4) is 0 Å². The van der Waals surface area contributed by atoms with Crippen molar-refractivity contribution in [2.45, 2.75) is 32.6 Å². The van der Waals surface area contributed by atoms with Gasteiger partial charge >= 0.3 is 0 Å². The van der Waals surface area contributed by atoms with Gasteiger partial charge in [0, 0.05) is 11.9 Å². The number of nitrogens with one attached hydrogen (secondary N) is 1. The molecule has 2 heterocycles. The molecule has 0 aromatic carbocycles. The van der Waals surface area contributed by atoms with Gasteiger partial charge in [-0.05, 0) is 63.1 Å². The maximum Gasteiger partial charge on any atom is 0.125 e. The van der Waals surface area contributed by atoms with Crippen LogP contribution in [-0.4, -0.2) is 23.1 Å². The third-order valence-corrected chi connectivity index (χ3v) is 4.45. The molecule has 0 radical (unpaired) electrons. The zero-order valence-electron chi connectivity index (χ0n) is 10.5. The van der Waals surface area contributed by atoms with E-state index in [1.54, 1.807) is 0 Å². The molecule has 3 rings (SSSR count). The van der Waals surface area contributed by atoms with Crippen LogP contribution in [0.25, 0.3) is 0 Å². The lowest BCUT2D eigenvalue weighted by atomic mass is 9.72. The van der Waals surface area contributed by atoms with Crippen molar-refractivity contribution >= 4 is 0 Å². The molecule has 3 nitrogen and oxygen atoms in total. The Morgan fingerprint density at radius 3 is 3.18 bits per heavy atom. The molecule has 1 N–H and O–H groups in total. The zero-order valence-corrected chi connectivity index (χ0v) is 10.5. The monoisotopic (exact) mass is 231 g/mol. The van der Waals surface area contributed by atoms with Gasteiger partial charge in [-0.25, -0.2) is 9.97 Å². The minimum Gasteiger partial charge on any atom is -0.316 e. The van der Waals surface area contributed by atoms with E-state index in [9.17, 15) is 0 Å².